The van der Waals surface area contributed by atoms with Gasteiger partial charge in [-0.05, 0) is 91.3 Å². The Labute approximate surface area is 300 Å². The third kappa shape index (κ3) is 5.11. The SMILES string of the molecule is CNC(=O)c1ncnn1[C@@H]1C[C@@]23COC[C@](C)([C@@H]2CC[C@H]2C3=CC[C@@]3(C)[C@H](C(=O)O)[C@@](C)([C@H](C)C(C)C)CC[C@]23C)[C@H]1OC[C@@](C)(N)C(C)C. The van der Waals surface area contributed by atoms with Gasteiger partial charge in [0, 0.05) is 23.4 Å². The van der Waals surface area contributed by atoms with Crippen LogP contribution in [0.25, 0.3) is 0 Å². The number of rotatable bonds is 9. The lowest BCUT2D eigenvalue weighted by Gasteiger charge is -2.71. The number of fused-ring (bicyclic) bond motifs is 3. The van der Waals surface area contributed by atoms with Gasteiger partial charge in [0.15, 0.2) is 0 Å². The molecular formula is C40H65N5O5. The number of hydrogen-bond donors (Lipinski definition) is 3. The van der Waals surface area contributed by atoms with Crippen LogP contribution in [-0.2, 0) is 14.3 Å². The number of hydrogen-bond acceptors (Lipinski definition) is 7. The highest BCUT2D eigenvalue weighted by Crippen LogP contribution is 2.75. The first-order valence-corrected chi connectivity index (χ1v) is 19.3. The molecule has 4 aliphatic carbocycles. The minimum atomic E-state index is -0.648. The molecule has 1 aromatic heterocycles. The minimum Gasteiger partial charge on any atom is -0.481 e. The van der Waals surface area contributed by atoms with E-state index < -0.39 is 22.8 Å². The van der Waals surface area contributed by atoms with Gasteiger partial charge in [0.1, 0.15) is 6.33 Å². The monoisotopic (exact) mass is 695 g/mol. The normalized spacial score (nSPS) is 42.8. The van der Waals surface area contributed by atoms with Gasteiger partial charge in [0.25, 0.3) is 5.91 Å². The van der Waals surface area contributed by atoms with E-state index in [0.717, 1.165) is 32.1 Å². The van der Waals surface area contributed by atoms with E-state index in [2.05, 4.69) is 78.7 Å². The first-order chi connectivity index (χ1) is 23.2. The van der Waals surface area contributed by atoms with Crippen LogP contribution >= 0.6 is 0 Å². The first-order valence-electron chi connectivity index (χ1n) is 19.3. The number of carbonyl (C=O) groups is 2. The van der Waals surface area contributed by atoms with Crippen LogP contribution in [0.5, 0.6) is 0 Å². The van der Waals surface area contributed by atoms with Gasteiger partial charge in [0.05, 0.1) is 37.9 Å². The lowest BCUT2D eigenvalue weighted by molar-refractivity contribution is -0.252. The highest BCUT2D eigenvalue weighted by molar-refractivity contribution is 5.90. The molecule has 12 atom stereocenters. The van der Waals surface area contributed by atoms with Crippen molar-refractivity contribution in [1.82, 2.24) is 20.1 Å². The maximum Gasteiger partial charge on any atom is 0.307 e. The van der Waals surface area contributed by atoms with Crippen molar-refractivity contribution >= 4 is 11.9 Å². The van der Waals surface area contributed by atoms with Crippen LogP contribution in [0.2, 0.25) is 0 Å². The van der Waals surface area contributed by atoms with Crippen LogP contribution in [0, 0.1) is 62.6 Å². The van der Waals surface area contributed by atoms with Crippen molar-refractivity contribution in [3.8, 4) is 0 Å². The number of nitrogens with one attached hydrogen (secondary N) is 1. The second kappa shape index (κ2) is 12.4. The number of ether oxygens (including phenoxy) is 2. The van der Waals surface area contributed by atoms with E-state index in [1.807, 2.05) is 11.6 Å². The molecule has 2 heterocycles. The topological polar surface area (TPSA) is 142 Å². The second-order valence-corrected chi connectivity index (χ2v) is 19.1. The molecule has 5 aliphatic rings. The molecule has 0 spiro atoms. The summed E-state index contributed by atoms with van der Waals surface area (Å²) in [5, 5.41) is 18.5. The van der Waals surface area contributed by atoms with Gasteiger partial charge in [-0.2, -0.15) is 5.10 Å². The number of carbonyl (C=O) groups excluding carboxylic acids is 1. The third-order valence-electron chi connectivity index (χ3n) is 16.3. The molecule has 10 heteroatoms. The van der Waals surface area contributed by atoms with E-state index >= 15 is 0 Å². The number of nitrogens with two attached hydrogens (primary N) is 1. The maximum absolute atomic E-state index is 13.5. The average Bonchev–Trinajstić information content (AvgIpc) is 3.53. The van der Waals surface area contributed by atoms with Gasteiger partial charge in [-0.15, -0.1) is 0 Å². The highest BCUT2D eigenvalue weighted by atomic mass is 16.5. The smallest absolute Gasteiger partial charge is 0.307 e. The molecule has 0 radical (unpaired) electrons. The van der Waals surface area contributed by atoms with Crippen molar-refractivity contribution in [2.75, 3.05) is 26.9 Å². The Morgan fingerprint density at radius 1 is 1.12 bits per heavy atom. The molecule has 4 fully saturated rings. The predicted octanol–water partition coefficient (Wildman–Crippen LogP) is 6.53. The summed E-state index contributed by atoms with van der Waals surface area (Å²) in [7, 11) is 1.62. The zero-order valence-electron chi connectivity index (χ0n) is 32.6. The Balaban J connectivity index is 1.48. The van der Waals surface area contributed by atoms with Crippen molar-refractivity contribution in [1.29, 1.82) is 0 Å². The van der Waals surface area contributed by atoms with Crippen LogP contribution in [0.15, 0.2) is 18.0 Å². The molecule has 1 aliphatic heterocycles. The van der Waals surface area contributed by atoms with Gasteiger partial charge in [-0.3, -0.25) is 9.59 Å². The Morgan fingerprint density at radius 2 is 1.82 bits per heavy atom. The molecule has 50 heavy (non-hydrogen) atoms. The largest absolute Gasteiger partial charge is 0.481 e. The summed E-state index contributed by atoms with van der Waals surface area (Å²) in [5.74, 6) is 0.342. The highest BCUT2D eigenvalue weighted by Gasteiger charge is 2.72. The maximum atomic E-state index is 13.5. The third-order valence-corrected chi connectivity index (χ3v) is 16.3. The zero-order valence-corrected chi connectivity index (χ0v) is 32.6. The summed E-state index contributed by atoms with van der Waals surface area (Å²) in [6.07, 6.45) is 9.01. The van der Waals surface area contributed by atoms with Crippen LogP contribution in [-0.4, -0.2) is 70.3 Å². The Morgan fingerprint density at radius 3 is 2.44 bits per heavy atom. The van der Waals surface area contributed by atoms with Crippen LogP contribution in [0.1, 0.15) is 124 Å². The van der Waals surface area contributed by atoms with Gasteiger partial charge in [-0.25, -0.2) is 9.67 Å². The molecule has 1 saturated heterocycles. The molecule has 0 aromatic carbocycles. The van der Waals surface area contributed by atoms with Crippen molar-refractivity contribution < 1.29 is 24.2 Å². The molecule has 2 bridgehead atoms. The van der Waals surface area contributed by atoms with E-state index in [-0.39, 0.29) is 63.3 Å². The molecular weight excluding hydrogens is 630 g/mol. The summed E-state index contributed by atoms with van der Waals surface area (Å²) < 4.78 is 15.5. The van der Waals surface area contributed by atoms with E-state index in [9.17, 15) is 14.7 Å². The fourth-order valence-electron chi connectivity index (χ4n) is 12.3. The molecule has 1 amide bonds. The fraction of sp³-hybridized carbons (Fsp3) is 0.850. The van der Waals surface area contributed by atoms with Crippen molar-refractivity contribution in [3.05, 3.63) is 23.8 Å². The quantitative estimate of drug-likeness (QED) is 0.248. The number of aliphatic carboxylic acids is 1. The Kier molecular flexibility index (Phi) is 9.29. The molecule has 4 N–H and O–H groups in total. The minimum absolute atomic E-state index is 0.189. The summed E-state index contributed by atoms with van der Waals surface area (Å²) in [4.78, 5) is 31.1. The Bertz CT molecular complexity index is 1520. The molecule has 10 nitrogen and oxygen atoms in total. The lowest BCUT2D eigenvalue weighted by atomic mass is 9.34. The molecule has 3 saturated carbocycles. The number of carboxylic acid groups (broad SMARTS) is 1. The summed E-state index contributed by atoms with van der Waals surface area (Å²) >= 11 is 0. The van der Waals surface area contributed by atoms with Crippen molar-refractivity contribution in [2.24, 2.45) is 68.3 Å². The number of allylic oxidation sites excluding steroid dienone is 1. The van der Waals surface area contributed by atoms with E-state index in [4.69, 9.17) is 20.3 Å². The van der Waals surface area contributed by atoms with Gasteiger partial charge >= 0.3 is 5.97 Å². The van der Waals surface area contributed by atoms with Crippen molar-refractivity contribution in [2.45, 2.75) is 125 Å². The second-order valence-electron chi connectivity index (χ2n) is 19.1. The fourth-order valence-corrected chi connectivity index (χ4v) is 12.3. The van der Waals surface area contributed by atoms with Crippen LogP contribution < -0.4 is 11.1 Å². The zero-order chi connectivity index (χ0) is 36.8. The van der Waals surface area contributed by atoms with Crippen LogP contribution in [0.4, 0.5) is 0 Å². The van der Waals surface area contributed by atoms with Gasteiger partial charge < -0.3 is 25.6 Å². The molecule has 6 rings (SSSR count). The first kappa shape index (κ1) is 37.5. The Hall–Kier alpha value is -2.30. The molecule has 280 valence electrons. The summed E-state index contributed by atoms with van der Waals surface area (Å²) in [5.41, 5.74) is 6.15. The van der Waals surface area contributed by atoms with E-state index in [0.29, 0.717) is 38.1 Å². The number of amides is 1. The van der Waals surface area contributed by atoms with E-state index in [1.165, 1.54) is 11.9 Å². The van der Waals surface area contributed by atoms with Crippen LogP contribution in [0.3, 0.4) is 0 Å². The number of carboxylic acids is 1. The number of aromatic nitrogens is 3. The average molecular weight is 696 g/mol. The van der Waals surface area contributed by atoms with Gasteiger partial charge in [0.2, 0.25) is 5.82 Å². The molecule has 1 aromatic rings. The number of nitrogens with zero attached hydrogens (tertiary/aromatic N) is 3. The molecule has 0 unspecified atom stereocenters. The van der Waals surface area contributed by atoms with Gasteiger partial charge in [-0.1, -0.05) is 74.0 Å². The van der Waals surface area contributed by atoms with E-state index in [1.54, 1.807) is 7.05 Å². The predicted molar refractivity (Wildman–Crippen MR) is 193 cm³/mol. The summed E-state index contributed by atoms with van der Waals surface area (Å²) in [6, 6.07) is -0.271. The summed E-state index contributed by atoms with van der Waals surface area (Å²) in [6.45, 7) is 23.8. The standard InChI is InChI=1S/C40H65N5O5/c1-23(2)25(5)35(6)16-17-37(8)26-12-13-29-36(7)19-49-21-40(29,27(26)14-15-38(37,9)30(35)34(47)48)18-28(31(36)50-20-39(10,41)24(3)4)45-32(33(46)42-11)43-22-44-45/h14,22-26,28-31H,12-13,15-21,41H2,1-11H3,(H,42,46)(H,47,48)/t25-,26+,28-,29+,30-,31+,35-,36-,37-,38+,39-,40+/m1/s1. The lowest BCUT2D eigenvalue weighted by Crippen LogP contribution is -2.69. The van der Waals surface area contributed by atoms with Crippen molar-refractivity contribution in [3.63, 3.8) is 0 Å².